The van der Waals surface area contributed by atoms with Gasteiger partial charge in [-0.15, -0.1) is 0 Å². The number of aliphatic hydroxyl groups excluding tert-OH is 1. The SMILES string of the molecule is COC(=O)[C@H](C)[C@H](O)[C@@H]1O[C@@H](n2ccc(=O)n(Cc3ccc(OC)cc3)c2=O)C2OC(C)(C)O[C@H]21. The summed E-state index contributed by atoms with van der Waals surface area (Å²) in [7, 11) is 2.78. The highest BCUT2D eigenvalue weighted by Gasteiger charge is 2.58. The van der Waals surface area contributed by atoms with Crippen LogP contribution in [0.5, 0.6) is 5.75 Å². The molecule has 190 valence electrons. The Kier molecular flexibility index (Phi) is 6.87. The largest absolute Gasteiger partial charge is 0.497 e. The van der Waals surface area contributed by atoms with E-state index in [4.69, 9.17) is 23.7 Å². The summed E-state index contributed by atoms with van der Waals surface area (Å²) in [6.45, 7) is 4.98. The summed E-state index contributed by atoms with van der Waals surface area (Å²) in [6, 6.07) is 8.28. The van der Waals surface area contributed by atoms with E-state index in [1.54, 1.807) is 45.2 Å². The van der Waals surface area contributed by atoms with E-state index < -0.39 is 59.6 Å². The van der Waals surface area contributed by atoms with Crippen molar-refractivity contribution in [3.63, 3.8) is 0 Å². The van der Waals surface area contributed by atoms with Crippen molar-refractivity contribution in [2.45, 2.75) is 63.7 Å². The van der Waals surface area contributed by atoms with Crippen LogP contribution in [0.2, 0.25) is 0 Å². The van der Waals surface area contributed by atoms with Gasteiger partial charge in [-0.1, -0.05) is 12.1 Å². The number of carbonyl (C=O) groups is 1. The summed E-state index contributed by atoms with van der Waals surface area (Å²) < 4.78 is 30.3. The molecule has 1 aromatic heterocycles. The highest BCUT2D eigenvalue weighted by atomic mass is 16.8. The summed E-state index contributed by atoms with van der Waals surface area (Å²) in [5, 5.41) is 10.9. The van der Waals surface area contributed by atoms with Gasteiger partial charge in [0.25, 0.3) is 5.56 Å². The first kappa shape index (κ1) is 25.1. The van der Waals surface area contributed by atoms with Gasteiger partial charge in [-0.2, -0.15) is 0 Å². The van der Waals surface area contributed by atoms with Gasteiger partial charge in [0.2, 0.25) is 0 Å². The Hall–Kier alpha value is -2.99. The monoisotopic (exact) mass is 490 g/mol. The first-order chi connectivity index (χ1) is 16.6. The molecule has 35 heavy (non-hydrogen) atoms. The maximum absolute atomic E-state index is 13.4. The maximum Gasteiger partial charge on any atom is 0.333 e. The van der Waals surface area contributed by atoms with Crippen molar-refractivity contribution in [2.75, 3.05) is 14.2 Å². The number of fused-ring (bicyclic) bond motifs is 1. The second-order valence-electron chi connectivity index (χ2n) is 9.14. The van der Waals surface area contributed by atoms with E-state index in [-0.39, 0.29) is 6.54 Å². The molecule has 0 bridgehead atoms. The molecule has 2 saturated heterocycles. The number of ether oxygens (including phenoxy) is 5. The fraction of sp³-hybridized carbons (Fsp3) is 0.542. The van der Waals surface area contributed by atoms with Crippen LogP contribution >= 0.6 is 0 Å². The van der Waals surface area contributed by atoms with Crippen LogP contribution in [0.1, 0.15) is 32.6 Å². The Labute approximate surface area is 201 Å². The fourth-order valence-corrected chi connectivity index (χ4v) is 4.50. The van der Waals surface area contributed by atoms with Crippen LogP contribution in [-0.2, 0) is 30.3 Å². The Morgan fingerprint density at radius 1 is 1.11 bits per heavy atom. The molecule has 0 radical (unpaired) electrons. The number of hydrogen-bond donors (Lipinski definition) is 1. The molecular formula is C24H30N2O9. The number of rotatable bonds is 7. The number of aromatic nitrogens is 2. The van der Waals surface area contributed by atoms with Gasteiger partial charge in [0.1, 0.15) is 24.1 Å². The zero-order chi connectivity index (χ0) is 25.5. The maximum atomic E-state index is 13.4. The van der Waals surface area contributed by atoms with Gasteiger partial charge in [-0.25, -0.2) is 4.79 Å². The van der Waals surface area contributed by atoms with Gasteiger partial charge in [-0.3, -0.25) is 18.7 Å². The number of methoxy groups -OCH3 is 2. The molecule has 0 amide bonds. The van der Waals surface area contributed by atoms with Crippen LogP contribution in [0.15, 0.2) is 46.1 Å². The van der Waals surface area contributed by atoms with Gasteiger partial charge >= 0.3 is 11.7 Å². The molecule has 2 aliphatic rings. The summed E-state index contributed by atoms with van der Waals surface area (Å²) in [5.41, 5.74) is -0.354. The summed E-state index contributed by atoms with van der Waals surface area (Å²) in [4.78, 5) is 38.0. The molecule has 2 aromatic rings. The van der Waals surface area contributed by atoms with E-state index in [1.165, 1.54) is 30.9 Å². The van der Waals surface area contributed by atoms with Crippen LogP contribution < -0.4 is 16.0 Å². The summed E-state index contributed by atoms with van der Waals surface area (Å²) in [6.07, 6.45) is -3.44. The molecule has 0 spiro atoms. The Balaban J connectivity index is 1.68. The first-order valence-corrected chi connectivity index (χ1v) is 11.3. The normalized spacial score (nSPS) is 26.7. The Morgan fingerprint density at radius 2 is 1.77 bits per heavy atom. The molecule has 2 aliphatic heterocycles. The standard InChI is InChI=1S/C24H30N2O9/c1-13(22(29)32-5)17(28)18-19-20(35-24(2,3)34-19)21(33-18)25-11-10-16(27)26(23(25)30)12-14-6-8-15(31-4)9-7-14/h6-11,13,17-21,28H,12H2,1-5H3/t13-,17+,18+,19+,20?,21-/m1/s1. The third kappa shape index (κ3) is 4.76. The Morgan fingerprint density at radius 3 is 2.40 bits per heavy atom. The minimum atomic E-state index is -1.28. The molecule has 1 unspecified atom stereocenters. The van der Waals surface area contributed by atoms with E-state index >= 15 is 0 Å². The zero-order valence-electron chi connectivity index (χ0n) is 20.2. The molecule has 11 heteroatoms. The molecule has 4 rings (SSSR count). The van der Waals surface area contributed by atoms with Crippen LogP contribution in [0, 0.1) is 5.92 Å². The summed E-state index contributed by atoms with van der Waals surface area (Å²) >= 11 is 0. The lowest BCUT2D eigenvalue weighted by Gasteiger charge is -2.28. The second-order valence-corrected chi connectivity index (χ2v) is 9.14. The minimum absolute atomic E-state index is 0.0393. The van der Waals surface area contributed by atoms with Gasteiger partial charge in [0, 0.05) is 12.3 Å². The predicted octanol–water partition coefficient (Wildman–Crippen LogP) is 0.654. The van der Waals surface area contributed by atoms with Crippen molar-refractivity contribution >= 4 is 5.97 Å². The summed E-state index contributed by atoms with van der Waals surface area (Å²) in [5.74, 6) is -1.86. The fourth-order valence-electron chi connectivity index (χ4n) is 4.50. The molecule has 0 saturated carbocycles. The highest BCUT2D eigenvalue weighted by Crippen LogP contribution is 2.44. The third-order valence-electron chi connectivity index (χ3n) is 6.36. The lowest BCUT2D eigenvalue weighted by molar-refractivity contribution is -0.212. The number of benzene rings is 1. The number of hydrogen-bond acceptors (Lipinski definition) is 9. The predicted molar refractivity (Wildman–Crippen MR) is 122 cm³/mol. The lowest BCUT2D eigenvalue weighted by Crippen LogP contribution is -2.44. The molecule has 2 fully saturated rings. The number of aliphatic hydroxyl groups is 1. The molecular weight excluding hydrogens is 460 g/mol. The quantitative estimate of drug-likeness (QED) is 0.557. The smallest absolute Gasteiger partial charge is 0.333 e. The van der Waals surface area contributed by atoms with Crippen LogP contribution in [-0.4, -0.2) is 64.6 Å². The number of carbonyl (C=O) groups excluding carboxylic acids is 1. The van der Waals surface area contributed by atoms with E-state index in [9.17, 15) is 19.5 Å². The van der Waals surface area contributed by atoms with Gasteiger partial charge in [-0.05, 0) is 38.5 Å². The van der Waals surface area contributed by atoms with Crippen molar-refractivity contribution in [1.82, 2.24) is 9.13 Å². The molecule has 3 heterocycles. The molecule has 6 atom stereocenters. The molecule has 1 aromatic carbocycles. The molecule has 1 N–H and O–H groups in total. The zero-order valence-corrected chi connectivity index (χ0v) is 20.2. The van der Waals surface area contributed by atoms with Crippen LogP contribution in [0.4, 0.5) is 0 Å². The van der Waals surface area contributed by atoms with Crippen molar-refractivity contribution in [1.29, 1.82) is 0 Å². The molecule has 11 nitrogen and oxygen atoms in total. The highest BCUT2D eigenvalue weighted by molar-refractivity contribution is 5.72. The average molecular weight is 491 g/mol. The van der Waals surface area contributed by atoms with E-state index in [0.29, 0.717) is 5.75 Å². The van der Waals surface area contributed by atoms with Crippen molar-refractivity contribution in [3.8, 4) is 5.75 Å². The average Bonchev–Trinajstić information content (AvgIpc) is 3.33. The van der Waals surface area contributed by atoms with Gasteiger partial charge in [0.05, 0.1) is 32.8 Å². The first-order valence-electron chi connectivity index (χ1n) is 11.3. The van der Waals surface area contributed by atoms with Crippen molar-refractivity contribution in [3.05, 3.63) is 62.9 Å². The minimum Gasteiger partial charge on any atom is -0.497 e. The third-order valence-corrected chi connectivity index (χ3v) is 6.36. The van der Waals surface area contributed by atoms with Crippen molar-refractivity contribution < 1.29 is 33.6 Å². The number of nitrogens with zero attached hydrogens (tertiary/aromatic N) is 2. The van der Waals surface area contributed by atoms with Gasteiger partial charge in [0.15, 0.2) is 12.0 Å². The van der Waals surface area contributed by atoms with E-state index in [1.807, 2.05) is 0 Å². The topological polar surface area (TPSA) is 127 Å². The molecule has 0 aliphatic carbocycles. The van der Waals surface area contributed by atoms with Crippen LogP contribution in [0.25, 0.3) is 0 Å². The van der Waals surface area contributed by atoms with Crippen molar-refractivity contribution in [2.24, 2.45) is 5.92 Å². The van der Waals surface area contributed by atoms with E-state index in [0.717, 1.165) is 10.1 Å². The number of esters is 1. The van der Waals surface area contributed by atoms with Gasteiger partial charge < -0.3 is 28.8 Å². The van der Waals surface area contributed by atoms with E-state index in [2.05, 4.69) is 0 Å². The van der Waals surface area contributed by atoms with Crippen LogP contribution in [0.3, 0.4) is 0 Å². The Bertz CT molecular complexity index is 1190. The second kappa shape index (κ2) is 9.57. The lowest BCUT2D eigenvalue weighted by atomic mass is 9.95.